The molecule has 1 heterocycles. The minimum Gasteiger partial charge on any atom is -0.489 e. The van der Waals surface area contributed by atoms with E-state index < -0.39 is 0 Å². The zero-order chi connectivity index (χ0) is 14.1. The number of nitrogens with one attached hydrogen (secondary N) is 1. The van der Waals surface area contributed by atoms with Crippen molar-refractivity contribution in [1.29, 1.82) is 0 Å². The zero-order valence-electron chi connectivity index (χ0n) is 12.5. The van der Waals surface area contributed by atoms with E-state index in [0.717, 1.165) is 36.8 Å². The van der Waals surface area contributed by atoms with Gasteiger partial charge in [-0.25, -0.2) is 0 Å². The van der Waals surface area contributed by atoms with E-state index >= 15 is 0 Å². The Morgan fingerprint density at radius 2 is 2.05 bits per heavy atom. The van der Waals surface area contributed by atoms with E-state index in [1.165, 1.54) is 0 Å². The van der Waals surface area contributed by atoms with Gasteiger partial charge in [0.1, 0.15) is 12.4 Å². The fraction of sp³-hybridized carbons (Fsp3) is 0.667. The van der Waals surface area contributed by atoms with Gasteiger partial charge >= 0.3 is 0 Å². The summed E-state index contributed by atoms with van der Waals surface area (Å²) in [7, 11) is 0. The number of pyridine rings is 1. The summed E-state index contributed by atoms with van der Waals surface area (Å²) in [5, 5.41) is 3.40. The summed E-state index contributed by atoms with van der Waals surface area (Å²) in [6.45, 7) is 12.0. The molecule has 0 aliphatic rings. The van der Waals surface area contributed by atoms with Crippen molar-refractivity contribution in [3.8, 4) is 5.75 Å². The summed E-state index contributed by atoms with van der Waals surface area (Å²) < 4.78 is 11.0. The molecule has 1 aromatic rings. The molecule has 1 aromatic heterocycles. The van der Waals surface area contributed by atoms with E-state index in [0.29, 0.717) is 19.1 Å². The molecule has 0 saturated heterocycles. The highest BCUT2D eigenvalue weighted by Crippen LogP contribution is 2.16. The maximum absolute atomic E-state index is 5.72. The number of ether oxygens (including phenoxy) is 2. The Morgan fingerprint density at radius 3 is 2.74 bits per heavy atom. The quantitative estimate of drug-likeness (QED) is 0.698. The van der Waals surface area contributed by atoms with Gasteiger partial charge in [-0.2, -0.15) is 0 Å². The average Bonchev–Trinajstić information content (AvgIpc) is 2.36. The van der Waals surface area contributed by atoms with Crippen LogP contribution in [0.2, 0.25) is 0 Å². The summed E-state index contributed by atoms with van der Waals surface area (Å²) in [5.41, 5.74) is 1.98. The maximum atomic E-state index is 5.72. The van der Waals surface area contributed by atoms with Crippen LogP contribution in [0.3, 0.4) is 0 Å². The Labute approximate surface area is 116 Å². The second-order valence-corrected chi connectivity index (χ2v) is 4.97. The van der Waals surface area contributed by atoms with Crippen LogP contribution in [-0.2, 0) is 11.3 Å². The molecule has 4 nitrogen and oxygen atoms in total. The van der Waals surface area contributed by atoms with E-state index in [4.69, 9.17) is 9.47 Å². The van der Waals surface area contributed by atoms with Gasteiger partial charge in [0.15, 0.2) is 0 Å². The molecule has 0 spiro atoms. The van der Waals surface area contributed by atoms with Gasteiger partial charge in [-0.3, -0.25) is 4.98 Å². The van der Waals surface area contributed by atoms with Gasteiger partial charge in [-0.15, -0.1) is 0 Å². The van der Waals surface area contributed by atoms with E-state index in [1.54, 1.807) is 0 Å². The molecule has 19 heavy (non-hydrogen) atoms. The van der Waals surface area contributed by atoms with Crippen molar-refractivity contribution in [2.75, 3.05) is 26.4 Å². The molecule has 4 heteroatoms. The number of aryl methyl sites for hydroxylation is 1. The van der Waals surface area contributed by atoms with Crippen molar-refractivity contribution in [3.63, 3.8) is 0 Å². The van der Waals surface area contributed by atoms with Crippen LogP contribution in [0.1, 0.15) is 32.2 Å². The lowest BCUT2D eigenvalue weighted by atomic mass is 10.2. The van der Waals surface area contributed by atoms with Crippen molar-refractivity contribution in [3.05, 3.63) is 23.5 Å². The first-order valence-electron chi connectivity index (χ1n) is 7.01. The largest absolute Gasteiger partial charge is 0.489 e. The molecule has 1 rings (SSSR count). The summed E-state index contributed by atoms with van der Waals surface area (Å²) in [4.78, 5) is 4.54. The molecule has 0 atom stereocenters. The number of hydrogen-bond donors (Lipinski definition) is 1. The molecule has 0 unspecified atom stereocenters. The predicted molar refractivity (Wildman–Crippen MR) is 77.5 cm³/mol. The van der Waals surface area contributed by atoms with E-state index in [2.05, 4.69) is 24.1 Å². The van der Waals surface area contributed by atoms with Crippen LogP contribution in [0, 0.1) is 12.8 Å². The van der Waals surface area contributed by atoms with E-state index in [1.807, 2.05) is 26.0 Å². The first kappa shape index (κ1) is 15.9. The molecule has 108 valence electrons. The molecule has 0 bridgehead atoms. The molecule has 0 amide bonds. The molecule has 1 N–H and O–H groups in total. The van der Waals surface area contributed by atoms with Gasteiger partial charge < -0.3 is 14.8 Å². The predicted octanol–water partition coefficient (Wildman–Crippen LogP) is 2.55. The first-order valence-corrected chi connectivity index (χ1v) is 7.01. The highest BCUT2D eigenvalue weighted by Gasteiger charge is 2.06. The van der Waals surface area contributed by atoms with Crippen molar-refractivity contribution >= 4 is 0 Å². The van der Waals surface area contributed by atoms with Crippen LogP contribution in [0.25, 0.3) is 0 Å². The van der Waals surface area contributed by atoms with Crippen LogP contribution in [0.5, 0.6) is 5.75 Å². The monoisotopic (exact) mass is 266 g/mol. The lowest BCUT2D eigenvalue weighted by molar-refractivity contribution is 0.109. The summed E-state index contributed by atoms with van der Waals surface area (Å²) >= 11 is 0. The molecule has 0 aliphatic heterocycles. The van der Waals surface area contributed by atoms with E-state index in [-0.39, 0.29) is 0 Å². The van der Waals surface area contributed by atoms with Gasteiger partial charge in [0.05, 0.1) is 12.3 Å². The molecule has 0 aliphatic carbocycles. The normalized spacial score (nSPS) is 11.0. The fourth-order valence-corrected chi connectivity index (χ4v) is 1.69. The third kappa shape index (κ3) is 6.55. The maximum Gasteiger partial charge on any atom is 0.142 e. The number of rotatable bonds is 9. The van der Waals surface area contributed by atoms with E-state index in [9.17, 15) is 0 Å². The highest BCUT2D eigenvalue weighted by atomic mass is 16.5. The van der Waals surface area contributed by atoms with Gasteiger partial charge in [0.2, 0.25) is 0 Å². The second kappa shape index (κ2) is 8.88. The number of hydrogen-bond acceptors (Lipinski definition) is 4. The smallest absolute Gasteiger partial charge is 0.142 e. The first-order chi connectivity index (χ1) is 9.13. The van der Waals surface area contributed by atoms with Gasteiger partial charge in [-0.1, -0.05) is 13.8 Å². The molecule has 0 saturated carbocycles. The van der Waals surface area contributed by atoms with Crippen LogP contribution in [0.4, 0.5) is 0 Å². The number of nitrogens with zero attached hydrogens (tertiary/aromatic N) is 1. The molecule has 0 aromatic carbocycles. The summed E-state index contributed by atoms with van der Waals surface area (Å²) in [6, 6.07) is 3.96. The fourth-order valence-electron chi connectivity index (χ4n) is 1.69. The molecule has 0 fully saturated rings. The minimum atomic E-state index is 0.565. The van der Waals surface area contributed by atoms with Crippen molar-refractivity contribution in [1.82, 2.24) is 10.3 Å². The van der Waals surface area contributed by atoms with Crippen LogP contribution < -0.4 is 10.1 Å². The number of aromatic nitrogens is 1. The molecular weight excluding hydrogens is 240 g/mol. The third-order valence-electron chi connectivity index (χ3n) is 2.61. The van der Waals surface area contributed by atoms with Crippen LogP contribution in [-0.4, -0.2) is 31.3 Å². The summed E-state index contributed by atoms with van der Waals surface area (Å²) in [5.74, 6) is 1.48. The Kier molecular flexibility index (Phi) is 7.45. The third-order valence-corrected chi connectivity index (χ3v) is 2.61. The van der Waals surface area contributed by atoms with Crippen LogP contribution >= 0.6 is 0 Å². The Balaban J connectivity index is 2.53. The van der Waals surface area contributed by atoms with Crippen molar-refractivity contribution in [2.24, 2.45) is 5.92 Å². The summed E-state index contributed by atoms with van der Waals surface area (Å²) in [6.07, 6.45) is 0. The lowest BCUT2D eigenvalue weighted by Gasteiger charge is -2.13. The molecular formula is C15H26N2O2. The Hall–Kier alpha value is -1.13. The Bertz CT molecular complexity index is 367. The van der Waals surface area contributed by atoms with Crippen LogP contribution in [0.15, 0.2) is 12.1 Å². The minimum absolute atomic E-state index is 0.565. The van der Waals surface area contributed by atoms with Gasteiger partial charge in [-0.05, 0) is 38.4 Å². The zero-order valence-corrected chi connectivity index (χ0v) is 12.5. The Morgan fingerprint density at radius 1 is 1.26 bits per heavy atom. The van der Waals surface area contributed by atoms with Gasteiger partial charge in [0.25, 0.3) is 0 Å². The second-order valence-electron chi connectivity index (χ2n) is 4.97. The van der Waals surface area contributed by atoms with Crippen molar-refractivity contribution in [2.45, 2.75) is 34.2 Å². The van der Waals surface area contributed by atoms with Gasteiger partial charge in [0, 0.05) is 18.8 Å². The molecule has 0 radical (unpaired) electrons. The standard InChI is InChI=1S/C15H26N2O2/c1-5-18-8-9-19-15-7-6-13(4)17-14(15)11-16-10-12(2)3/h6-7,12,16H,5,8-11H2,1-4H3. The topological polar surface area (TPSA) is 43.4 Å². The SMILES string of the molecule is CCOCCOc1ccc(C)nc1CNCC(C)C. The highest BCUT2D eigenvalue weighted by molar-refractivity contribution is 5.29. The lowest BCUT2D eigenvalue weighted by Crippen LogP contribution is -2.20. The van der Waals surface area contributed by atoms with Crippen molar-refractivity contribution < 1.29 is 9.47 Å². The average molecular weight is 266 g/mol.